The van der Waals surface area contributed by atoms with Crippen molar-refractivity contribution in [3.63, 3.8) is 0 Å². The SMILES string of the molecule is COc1cc2c(cc1CN(C)CC1CCOCC1)OCCCO2. The van der Waals surface area contributed by atoms with Crippen LogP contribution in [-0.2, 0) is 11.3 Å². The molecule has 0 spiro atoms. The fourth-order valence-corrected chi connectivity index (χ4v) is 3.27. The summed E-state index contributed by atoms with van der Waals surface area (Å²) in [6.45, 7) is 5.12. The van der Waals surface area contributed by atoms with Gasteiger partial charge in [-0.25, -0.2) is 0 Å². The maximum absolute atomic E-state index is 5.80. The molecule has 2 aliphatic heterocycles. The Morgan fingerprint density at radius 1 is 1.09 bits per heavy atom. The van der Waals surface area contributed by atoms with E-state index in [0.29, 0.717) is 13.2 Å². The summed E-state index contributed by atoms with van der Waals surface area (Å²) in [4.78, 5) is 2.36. The zero-order valence-electron chi connectivity index (χ0n) is 14.2. The Labute approximate surface area is 138 Å². The van der Waals surface area contributed by atoms with Crippen molar-refractivity contribution in [1.82, 2.24) is 4.90 Å². The van der Waals surface area contributed by atoms with Crippen molar-refractivity contribution in [1.29, 1.82) is 0 Å². The van der Waals surface area contributed by atoms with Gasteiger partial charge in [-0.1, -0.05) is 0 Å². The number of benzene rings is 1. The van der Waals surface area contributed by atoms with Gasteiger partial charge in [-0.3, -0.25) is 0 Å². The lowest BCUT2D eigenvalue weighted by Gasteiger charge is -2.27. The third-order valence-corrected chi connectivity index (χ3v) is 4.50. The summed E-state index contributed by atoms with van der Waals surface area (Å²) in [6.07, 6.45) is 3.22. The molecule has 2 aliphatic rings. The van der Waals surface area contributed by atoms with Crippen molar-refractivity contribution in [3.05, 3.63) is 17.7 Å². The van der Waals surface area contributed by atoms with Crippen LogP contribution >= 0.6 is 0 Å². The van der Waals surface area contributed by atoms with Crippen molar-refractivity contribution in [2.75, 3.05) is 47.1 Å². The maximum atomic E-state index is 5.80. The van der Waals surface area contributed by atoms with Crippen LogP contribution in [0.3, 0.4) is 0 Å². The summed E-state index contributed by atoms with van der Waals surface area (Å²) in [7, 11) is 3.87. The highest BCUT2D eigenvalue weighted by molar-refractivity contribution is 5.51. The highest BCUT2D eigenvalue weighted by atomic mass is 16.5. The standard InChI is InChI=1S/C18H27NO4/c1-19(12-14-4-8-21-9-5-14)13-15-10-17-18(11-16(15)20-2)23-7-3-6-22-17/h10-11,14H,3-9,12-13H2,1-2H3. The number of hydrogen-bond acceptors (Lipinski definition) is 5. The molecule has 0 aliphatic carbocycles. The van der Waals surface area contributed by atoms with Gasteiger partial charge in [0.1, 0.15) is 5.75 Å². The minimum Gasteiger partial charge on any atom is -0.496 e. The van der Waals surface area contributed by atoms with E-state index >= 15 is 0 Å². The molecule has 1 aromatic carbocycles. The third kappa shape index (κ3) is 4.30. The van der Waals surface area contributed by atoms with Crippen LogP contribution in [0, 0.1) is 5.92 Å². The molecule has 0 amide bonds. The summed E-state index contributed by atoms with van der Waals surface area (Å²) < 4.78 is 22.5. The number of hydrogen-bond donors (Lipinski definition) is 0. The van der Waals surface area contributed by atoms with Gasteiger partial charge in [0.05, 0.1) is 20.3 Å². The van der Waals surface area contributed by atoms with Gasteiger partial charge in [-0.15, -0.1) is 0 Å². The quantitative estimate of drug-likeness (QED) is 0.834. The zero-order chi connectivity index (χ0) is 16.1. The van der Waals surface area contributed by atoms with Crippen LogP contribution < -0.4 is 14.2 Å². The molecule has 2 heterocycles. The Balaban J connectivity index is 1.69. The molecule has 1 fully saturated rings. The summed E-state index contributed by atoms with van der Waals surface area (Å²) in [5.41, 5.74) is 1.14. The van der Waals surface area contributed by atoms with Gasteiger partial charge < -0.3 is 23.8 Å². The van der Waals surface area contributed by atoms with E-state index in [1.165, 1.54) is 0 Å². The molecule has 5 nitrogen and oxygen atoms in total. The second-order valence-electron chi connectivity index (χ2n) is 6.41. The molecule has 0 aromatic heterocycles. The summed E-state index contributed by atoms with van der Waals surface area (Å²) >= 11 is 0. The van der Waals surface area contributed by atoms with Gasteiger partial charge in [0.15, 0.2) is 11.5 Å². The highest BCUT2D eigenvalue weighted by Crippen LogP contribution is 2.37. The van der Waals surface area contributed by atoms with E-state index in [9.17, 15) is 0 Å². The molecular weight excluding hydrogens is 294 g/mol. The molecule has 0 atom stereocenters. The fourth-order valence-electron chi connectivity index (χ4n) is 3.27. The van der Waals surface area contributed by atoms with Crippen LogP contribution in [0.25, 0.3) is 0 Å². The van der Waals surface area contributed by atoms with Crippen molar-refractivity contribution < 1.29 is 18.9 Å². The molecule has 0 N–H and O–H groups in total. The van der Waals surface area contributed by atoms with E-state index < -0.39 is 0 Å². The minimum atomic E-state index is 0.694. The van der Waals surface area contributed by atoms with Crippen LogP contribution in [0.15, 0.2) is 12.1 Å². The molecule has 0 saturated carbocycles. The molecule has 3 rings (SSSR count). The van der Waals surface area contributed by atoms with E-state index in [1.807, 2.05) is 6.07 Å². The lowest BCUT2D eigenvalue weighted by Crippen LogP contribution is -2.29. The largest absolute Gasteiger partial charge is 0.496 e. The lowest BCUT2D eigenvalue weighted by atomic mass is 9.99. The molecule has 1 saturated heterocycles. The van der Waals surface area contributed by atoms with Crippen molar-refractivity contribution >= 4 is 0 Å². The number of nitrogens with zero attached hydrogens (tertiary/aromatic N) is 1. The number of methoxy groups -OCH3 is 1. The topological polar surface area (TPSA) is 40.2 Å². The van der Waals surface area contributed by atoms with Gasteiger partial charge in [-0.2, -0.15) is 0 Å². The van der Waals surface area contributed by atoms with Crippen molar-refractivity contribution in [3.8, 4) is 17.2 Å². The maximum Gasteiger partial charge on any atom is 0.164 e. The van der Waals surface area contributed by atoms with Crippen molar-refractivity contribution in [2.24, 2.45) is 5.92 Å². The predicted molar refractivity (Wildman–Crippen MR) is 88.5 cm³/mol. The molecule has 0 unspecified atom stereocenters. The van der Waals surface area contributed by atoms with Crippen LogP contribution in [0.1, 0.15) is 24.8 Å². The van der Waals surface area contributed by atoms with Gasteiger partial charge in [-0.05, 0) is 31.9 Å². The zero-order valence-corrected chi connectivity index (χ0v) is 14.2. The van der Waals surface area contributed by atoms with E-state index in [-0.39, 0.29) is 0 Å². The number of fused-ring (bicyclic) bond motifs is 1. The fraction of sp³-hybridized carbons (Fsp3) is 0.667. The summed E-state index contributed by atoms with van der Waals surface area (Å²) in [6, 6.07) is 4.03. The second-order valence-corrected chi connectivity index (χ2v) is 6.41. The average Bonchev–Trinajstić information content (AvgIpc) is 2.79. The first-order chi connectivity index (χ1) is 11.3. The highest BCUT2D eigenvalue weighted by Gasteiger charge is 2.19. The van der Waals surface area contributed by atoms with Gasteiger partial charge >= 0.3 is 0 Å². The monoisotopic (exact) mass is 321 g/mol. The Hall–Kier alpha value is -1.46. The third-order valence-electron chi connectivity index (χ3n) is 4.50. The Morgan fingerprint density at radius 2 is 1.78 bits per heavy atom. The average molecular weight is 321 g/mol. The number of rotatable bonds is 5. The molecule has 23 heavy (non-hydrogen) atoms. The lowest BCUT2D eigenvalue weighted by molar-refractivity contribution is 0.0549. The van der Waals surface area contributed by atoms with Gasteiger partial charge in [0.25, 0.3) is 0 Å². The number of ether oxygens (including phenoxy) is 4. The molecule has 5 heteroatoms. The van der Waals surface area contributed by atoms with Crippen molar-refractivity contribution in [2.45, 2.75) is 25.8 Å². The summed E-state index contributed by atoms with van der Waals surface area (Å²) in [5.74, 6) is 3.21. The smallest absolute Gasteiger partial charge is 0.164 e. The van der Waals surface area contributed by atoms with Crippen LogP contribution in [0.4, 0.5) is 0 Å². The van der Waals surface area contributed by atoms with Crippen LogP contribution in [0.2, 0.25) is 0 Å². The summed E-state index contributed by atoms with van der Waals surface area (Å²) in [5, 5.41) is 0. The Kier molecular flexibility index (Phi) is 5.62. The van der Waals surface area contributed by atoms with E-state index in [1.54, 1.807) is 7.11 Å². The van der Waals surface area contributed by atoms with E-state index in [0.717, 1.165) is 74.3 Å². The Morgan fingerprint density at radius 3 is 2.48 bits per heavy atom. The van der Waals surface area contributed by atoms with Crippen LogP contribution in [0.5, 0.6) is 17.2 Å². The molecule has 1 aromatic rings. The molecule has 0 radical (unpaired) electrons. The normalized spacial score (nSPS) is 18.7. The Bertz CT molecular complexity index is 514. The van der Waals surface area contributed by atoms with Gasteiger partial charge in [0.2, 0.25) is 0 Å². The minimum absolute atomic E-state index is 0.694. The first-order valence-corrected chi connectivity index (χ1v) is 8.49. The van der Waals surface area contributed by atoms with E-state index in [4.69, 9.17) is 18.9 Å². The van der Waals surface area contributed by atoms with Gasteiger partial charge in [0, 0.05) is 44.4 Å². The van der Waals surface area contributed by atoms with E-state index in [2.05, 4.69) is 18.0 Å². The second kappa shape index (κ2) is 7.88. The molecular formula is C18H27NO4. The molecule has 0 bridgehead atoms. The van der Waals surface area contributed by atoms with Crippen LogP contribution in [-0.4, -0.2) is 52.0 Å². The predicted octanol–water partition coefficient (Wildman–Crippen LogP) is 2.71. The first kappa shape index (κ1) is 16.4. The first-order valence-electron chi connectivity index (χ1n) is 8.49. The molecule has 128 valence electrons.